The summed E-state index contributed by atoms with van der Waals surface area (Å²) >= 11 is 2.04. The van der Waals surface area contributed by atoms with Crippen LogP contribution in [0, 0.1) is 0 Å². The Kier molecular flexibility index (Phi) is 4.40. The average Bonchev–Trinajstić information content (AvgIpc) is 2.36. The molecule has 12 heavy (non-hydrogen) atoms. The number of nitrogens with zero attached hydrogens (tertiary/aromatic N) is 2. The van der Waals surface area contributed by atoms with Crippen molar-refractivity contribution in [2.45, 2.75) is 20.0 Å². The average molecular weight is 188 g/mol. The van der Waals surface area contributed by atoms with Crippen LogP contribution in [0.3, 0.4) is 0 Å². The molecule has 0 saturated carbocycles. The Morgan fingerprint density at radius 1 is 1.42 bits per heavy atom. The van der Waals surface area contributed by atoms with Crippen molar-refractivity contribution >= 4 is 11.8 Å². The monoisotopic (exact) mass is 188 g/mol. The molecule has 1 aliphatic rings. The molecule has 1 aliphatic heterocycles. The van der Waals surface area contributed by atoms with E-state index in [1.54, 1.807) is 0 Å². The van der Waals surface area contributed by atoms with Crippen LogP contribution in [-0.2, 0) is 0 Å². The fourth-order valence-electron chi connectivity index (χ4n) is 1.56. The molecular formula is C9H20N2S. The van der Waals surface area contributed by atoms with Gasteiger partial charge in [0.2, 0.25) is 0 Å². The third-order valence-corrected chi connectivity index (χ3v) is 3.51. The van der Waals surface area contributed by atoms with E-state index in [2.05, 4.69) is 30.7 Å². The van der Waals surface area contributed by atoms with E-state index in [1.807, 2.05) is 11.8 Å². The molecule has 0 bridgehead atoms. The Labute approximate surface area is 80.3 Å². The standard InChI is InChI=1S/C9H20N2S/c1-4-12-8-7-11-6-5-10(3)9(11)2/h9H,4-8H2,1-3H3. The summed E-state index contributed by atoms with van der Waals surface area (Å²) in [5, 5.41) is 0. The second kappa shape index (κ2) is 5.10. The summed E-state index contributed by atoms with van der Waals surface area (Å²) in [6, 6.07) is 0. The molecule has 1 heterocycles. The number of hydrogen-bond acceptors (Lipinski definition) is 3. The predicted molar refractivity (Wildman–Crippen MR) is 56.7 cm³/mol. The molecule has 72 valence electrons. The van der Waals surface area contributed by atoms with E-state index in [0.717, 1.165) is 0 Å². The van der Waals surface area contributed by atoms with Crippen molar-refractivity contribution in [2.75, 3.05) is 38.2 Å². The van der Waals surface area contributed by atoms with Gasteiger partial charge in [-0.25, -0.2) is 0 Å². The summed E-state index contributed by atoms with van der Waals surface area (Å²) in [6.45, 7) is 8.26. The lowest BCUT2D eigenvalue weighted by atomic mass is 10.5. The van der Waals surface area contributed by atoms with Crippen LogP contribution in [0.1, 0.15) is 13.8 Å². The smallest absolute Gasteiger partial charge is 0.0591 e. The van der Waals surface area contributed by atoms with Crippen LogP contribution in [0.5, 0.6) is 0 Å². The Hall–Kier alpha value is 0.270. The number of hydrogen-bond donors (Lipinski definition) is 0. The van der Waals surface area contributed by atoms with E-state index in [1.165, 1.54) is 31.1 Å². The van der Waals surface area contributed by atoms with Gasteiger partial charge in [0.25, 0.3) is 0 Å². The maximum Gasteiger partial charge on any atom is 0.0591 e. The van der Waals surface area contributed by atoms with Gasteiger partial charge in [0.15, 0.2) is 0 Å². The fourth-order valence-corrected chi connectivity index (χ4v) is 2.22. The van der Waals surface area contributed by atoms with E-state index in [-0.39, 0.29) is 0 Å². The summed E-state index contributed by atoms with van der Waals surface area (Å²) < 4.78 is 0. The normalized spacial score (nSPS) is 26.8. The number of rotatable bonds is 4. The van der Waals surface area contributed by atoms with Gasteiger partial charge >= 0.3 is 0 Å². The molecule has 2 nitrogen and oxygen atoms in total. The molecule has 1 fully saturated rings. The molecule has 0 aromatic heterocycles. The highest BCUT2D eigenvalue weighted by Gasteiger charge is 2.23. The maximum absolute atomic E-state index is 2.56. The zero-order chi connectivity index (χ0) is 8.97. The second-order valence-electron chi connectivity index (χ2n) is 3.35. The van der Waals surface area contributed by atoms with Gasteiger partial charge in [-0.1, -0.05) is 6.92 Å². The quantitative estimate of drug-likeness (QED) is 0.615. The largest absolute Gasteiger partial charge is 0.290 e. The minimum atomic E-state index is 0.655. The van der Waals surface area contributed by atoms with E-state index >= 15 is 0 Å². The van der Waals surface area contributed by atoms with E-state index in [9.17, 15) is 0 Å². The van der Waals surface area contributed by atoms with Gasteiger partial charge in [0, 0.05) is 25.4 Å². The molecule has 1 saturated heterocycles. The van der Waals surface area contributed by atoms with Crippen LogP contribution in [0.15, 0.2) is 0 Å². The third kappa shape index (κ3) is 2.64. The Morgan fingerprint density at radius 3 is 2.67 bits per heavy atom. The molecule has 0 amide bonds. The van der Waals surface area contributed by atoms with Crippen LogP contribution in [0.25, 0.3) is 0 Å². The van der Waals surface area contributed by atoms with Crippen molar-refractivity contribution < 1.29 is 0 Å². The van der Waals surface area contributed by atoms with Crippen molar-refractivity contribution in [3.8, 4) is 0 Å². The Balaban J connectivity index is 2.16. The lowest BCUT2D eigenvalue weighted by Gasteiger charge is -2.23. The van der Waals surface area contributed by atoms with Gasteiger partial charge in [-0.2, -0.15) is 11.8 Å². The topological polar surface area (TPSA) is 6.48 Å². The molecule has 0 radical (unpaired) electrons. The third-order valence-electron chi connectivity index (χ3n) is 2.63. The van der Waals surface area contributed by atoms with Crippen molar-refractivity contribution in [3.63, 3.8) is 0 Å². The molecular weight excluding hydrogens is 168 g/mol. The van der Waals surface area contributed by atoms with Gasteiger partial charge in [0.1, 0.15) is 0 Å². The highest BCUT2D eigenvalue weighted by Crippen LogP contribution is 2.12. The molecule has 0 aromatic rings. The number of thioether (sulfide) groups is 1. The maximum atomic E-state index is 2.56. The van der Waals surface area contributed by atoms with Crippen LogP contribution in [0.2, 0.25) is 0 Å². The van der Waals surface area contributed by atoms with Gasteiger partial charge < -0.3 is 0 Å². The second-order valence-corrected chi connectivity index (χ2v) is 4.74. The van der Waals surface area contributed by atoms with Crippen LogP contribution >= 0.6 is 11.8 Å². The Bertz CT molecular complexity index is 130. The SMILES string of the molecule is CCSCCN1CCN(C)C1C. The summed E-state index contributed by atoms with van der Waals surface area (Å²) in [5.41, 5.74) is 0. The van der Waals surface area contributed by atoms with Crippen LogP contribution < -0.4 is 0 Å². The van der Waals surface area contributed by atoms with Crippen LogP contribution in [-0.4, -0.2) is 54.2 Å². The van der Waals surface area contributed by atoms with Crippen molar-refractivity contribution in [3.05, 3.63) is 0 Å². The van der Waals surface area contributed by atoms with Crippen LogP contribution in [0.4, 0.5) is 0 Å². The van der Waals surface area contributed by atoms with Gasteiger partial charge in [-0.3, -0.25) is 9.80 Å². The molecule has 1 unspecified atom stereocenters. The predicted octanol–water partition coefficient (Wildman–Crippen LogP) is 1.33. The van der Waals surface area contributed by atoms with Crippen molar-refractivity contribution in [2.24, 2.45) is 0 Å². The highest BCUT2D eigenvalue weighted by atomic mass is 32.2. The lowest BCUT2D eigenvalue weighted by Crippen LogP contribution is -2.35. The van der Waals surface area contributed by atoms with Gasteiger partial charge in [0.05, 0.1) is 6.17 Å². The molecule has 3 heteroatoms. The first-order valence-electron chi connectivity index (χ1n) is 4.77. The first-order valence-corrected chi connectivity index (χ1v) is 5.93. The minimum Gasteiger partial charge on any atom is -0.290 e. The molecule has 1 atom stereocenters. The first kappa shape index (κ1) is 10.4. The minimum absolute atomic E-state index is 0.655. The zero-order valence-electron chi connectivity index (χ0n) is 8.42. The van der Waals surface area contributed by atoms with Crippen molar-refractivity contribution in [1.29, 1.82) is 0 Å². The fraction of sp³-hybridized carbons (Fsp3) is 1.00. The van der Waals surface area contributed by atoms with Crippen molar-refractivity contribution in [1.82, 2.24) is 9.80 Å². The summed E-state index contributed by atoms with van der Waals surface area (Å²) in [7, 11) is 2.21. The van der Waals surface area contributed by atoms with E-state index < -0.39 is 0 Å². The summed E-state index contributed by atoms with van der Waals surface area (Å²) in [6.07, 6.45) is 0.655. The lowest BCUT2D eigenvalue weighted by molar-refractivity contribution is 0.185. The first-order chi connectivity index (χ1) is 5.75. The molecule has 0 spiro atoms. The molecule has 0 aliphatic carbocycles. The highest BCUT2D eigenvalue weighted by molar-refractivity contribution is 7.99. The molecule has 1 rings (SSSR count). The van der Waals surface area contributed by atoms with E-state index in [0.29, 0.717) is 6.17 Å². The van der Waals surface area contributed by atoms with Gasteiger partial charge in [-0.05, 0) is 19.7 Å². The van der Waals surface area contributed by atoms with E-state index in [4.69, 9.17) is 0 Å². The number of likely N-dealkylation sites (N-methyl/N-ethyl adjacent to an activating group) is 1. The molecule has 0 N–H and O–H groups in total. The van der Waals surface area contributed by atoms with Gasteiger partial charge in [-0.15, -0.1) is 0 Å². The molecule has 0 aromatic carbocycles. The summed E-state index contributed by atoms with van der Waals surface area (Å²) in [5.74, 6) is 2.53. The zero-order valence-corrected chi connectivity index (χ0v) is 9.23. The Morgan fingerprint density at radius 2 is 2.17 bits per heavy atom. The summed E-state index contributed by atoms with van der Waals surface area (Å²) in [4.78, 5) is 4.97.